The van der Waals surface area contributed by atoms with Crippen LogP contribution in [0.3, 0.4) is 0 Å². The Bertz CT molecular complexity index is 555. The zero-order valence-electron chi connectivity index (χ0n) is 13.9. The van der Waals surface area contributed by atoms with Crippen LogP contribution in [-0.4, -0.2) is 49.7 Å². The summed E-state index contributed by atoms with van der Waals surface area (Å²) in [6.07, 6.45) is -4.55. The fourth-order valence-corrected chi connectivity index (χ4v) is 2.92. The Morgan fingerprint density at radius 3 is 2.46 bits per heavy atom. The van der Waals surface area contributed by atoms with E-state index in [0.717, 1.165) is 19.2 Å². The number of hydrogen-bond acceptors (Lipinski definition) is 3. The molecule has 0 aliphatic carbocycles. The van der Waals surface area contributed by atoms with Gasteiger partial charge in [-0.1, -0.05) is 26.0 Å². The number of nitrogens with one attached hydrogen (secondary N) is 1. The average molecular weight is 344 g/mol. The van der Waals surface area contributed by atoms with Crippen LogP contribution in [0.5, 0.6) is 0 Å². The molecule has 4 nitrogen and oxygen atoms in total. The van der Waals surface area contributed by atoms with Crippen molar-refractivity contribution in [3.8, 4) is 0 Å². The van der Waals surface area contributed by atoms with Crippen LogP contribution in [-0.2, 0) is 10.9 Å². The number of carbonyl (C=O) groups is 1. The van der Waals surface area contributed by atoms with Crippen LogP contribution >= 0.6 is 0 Å². The highest BCUT2D eigenvalue weighted by molar-refractivity contribution is 5.95. The molecule has 2 rings (SSSR count). The van der Waals surface area contributed by atoms with Crippen LogP contribution in [0.15, 0.2) is 24.3 Å². The maximum atomic E-state index is 13.0. The Labute approximate surface area is 140 Å². The van der Waals surface area contributed by atoms with E-state index in [1.807, 2.05) is 13.8 Å². The van der Waals surface area contributed by atoms with Crippen molar-refractivity contribution in [1.29, 1.82) is 0 Å². The summed E-state index contributed by atoms with van der Waals surface area (Å²) in [6.45, 7) is 7.17. The average Bonchev–Trinajstić information content (AvgIpc) is 2.54. The van der Waals surface area contributed by atoms with Crippen molar-refractivity contribution in [1.82, 2.24) is 10.2 Å². The molecule has 1 aromatic rings. The number of morpholine rings is 1. The largest absolute Gasteiger partial charge is 0.417 e. The molecule has 24 heavy (non-hydrogen) atoms. The van der Waals surface area contributed by atoms with E-state index >= 15 is 0 Å². The van der Waals surface area contributed by atoms with Gasteiger partial charge < -0.3 is 10.1 Å². The Hall–Kier alpha value is -1.60. The van der Waals surface area contributed by atoms with Gasteiger partial charge in [-0.15, -0.1) is 0 Å². The molecular weight excluding hydrogens is 321 g/mol. The molecule has 0 bridgehead atoms. The molecule has 0 saturated carbocycles. The number of halogens is 3. The second kappa shape index (κ2) is 7.98. The van der Waals surface area contributed by atoms with Crippen LogP contribution < -0.4 is 5.32 Å². The highest BCUT2D eigenvalue weighted by Gasteiger charge is 2.35. The minimum Gasteiger partial charge on any atom is -0.379 e. The first-order chi connectivity index (χ1) is 11.3. The summed E-state index contributed by atoms with van der Waals surface area (Å²) in [6, 6.07) is 4.92. The van der Waals surface area contributed by atoms with Crippen LogP contribution in [0.1, 0.15) is 29.8 Å². The van der Waals surface area contributed by atoms with E-state index < -0.39 is 17.6 Å². The first-order valence-electron chi connectivity index (χ1n) is 8.07. The molecule has 1 heterocycles. The lowest BCUT2D eigenvalue weighted by Crippen LogP contribution is -2.51. The van der Waals surface area contributed by atoms with E-state index in [9.17, 15) is 18.0 Å². The SMILES string of the molecule is CC(C)C(CNC(=O)c1ccccc1C(F)(F)F)N1CCOCC1. The summed E-state index contributed by atoms with van der Waals surface area (Å²) >= 11 is 0. The van der Waals surface area contributed by atoms with Gasteiger partial charge >= 0.3 is 6.18 Å². The monoisotopic (exact) mass is 344 g/mol. The summed E-state index contributed by atoms with van der Waals surface area (Å²) in [5.41, 5.74) is -1.25. The smallest absolute Gasteiger partial charge is 0.379 e. The lowest BCUT2D eigenvalue weighted by molar-refractivity contribution is -0.137. The minimum absolute atomic E-state index is 0.0656. The lowest BCUT2D eigenvalue weighted by Gasteiger charge is -2.37. The van der Waals surface area contributed by atoms with Gasteiger partial charge in [0, 0.05) is 25.7 Å². The molecule has 0 radical (unpaired) electrons. The summed E-state index contributed by atoms with van der Waals surface area (Å²) in [4.78, 5) is 14.5. The number of nitrogens with zero attached hydrogens (tertiary/aromatic N) is 1. The van der Waals surface area contributed by atoms with Crippen molar-refractivity contribution in [2.75, 3.05) is 32.8 Å². The Morgan fingerprint density at radius 2 is 1.88 bits per heavy atom. The maximum absolute atomic E-state index is 13.0. The van der Waals surface area contributed by atoms with Crippen molar-refractivity contribution in [3.05, 3.63) is 35.4 Å². The van der Waals surface area contributed by atoms with Gasteiger partial charge in [-0.25, -0.2) is 0 Å². The molecule has 134 valence electrons. The molecule has 1 aromatic carbocycles. The van der Waals surface area contributed by atoms with Gasteiger partial charge in [-0.05, 0) is 18.1 Å². The van der Waals surface area contributed by atoms with Crippen molar-refractivity contribution >= 4 is 5.91 Å². The van der Waals surface area contributed by atoms with Gasteiger partial charge in [0.2, 0.25) is 0 Å². The number of rotatable bonds is 5. The summed E-state index contributed by atoms with van der Waals surface area (Å²) < 4.78 is 44.4. The molecule has 1 amide bonds. The molecule has 1 N–H and O–H groups in total. The van der Waals surface area contributed by atoms with Gasteiger partial charge in [-0.3, -0.25) is 9.69 Å². The predicted molar refractivity (Wildman–Crippen MR) is 84.8 cm³/mol. The second-order valence-electron chi connectivity index (χ2n) is 6.21. The Balaban J connectivity index is 2.06. The van der Waals surface area contributed by atoms with Gasteiger partial charge in [0.1, 0.15) is 0 Å². The van der Waals surface area contributed by atoms with Crippen molar-refractivity contribution in [2.45, 2.75) is 26.1 Å². The first kappa shape index (κ1) is 18.7. The van der Waals surface area contributed by atoms with Gasteiger partial charge in [0.05, 0.1) is 24.3 Å². The van der Waals surface area contributed by atoms with E-state index in [2.05, 4.69) is 10.2 Å². The Kier molecular flexibility index (Phi) is 6.23. The standard InChI is InChI=1S/C17H23F3N2O2/c1-12(2)15(22-7-9-24-10-8-22)11-21-16(23)13-5-3-4-6-14(13)17(18,19)20/h3-6,12,15H,7-11H2,1-2H3,(H,21,23). The van der Waals surface area contributed by atoms with Crippen LogP contribution in [0.2, 0.25) is 0 Å². The van der Waals surface area contributed by atoms with Gasteiger partial charge in [0.15, 0.2) is 0 Å². The van der Waals surface area contributed by atoms with Crippen LogP contribution in [0, 0.1) is 5.92 Å². The summed E-state index contributed by atoms with van der Waals surface area (Å²) in [5, 5.41) is 2.67. The fraction of sp³-hybridized carbons (Fsp3) is 0.588. The molecule has 1 aliphatic rings. The van der Waals surface area contributed by atoms with Crippen molar-refractivity contribution in [2.24, 2.45) is 5.92 Å². The molecule has 7 heteroatoms. The first-order valence-corrected chi connectivity index (χ1v) is 8.07. The van der Waals surface area contributed by atoms with E-state index in [4.69, 9.17) is 4.74 Å². The van der Waals surface area contributed by atoms with Crippen molar-refractivity contribution in [3.63, 3.8) is 0 Å². The quantitative estimate of drug-likeness (QED) is 0.893. The molecule has 1 saturated heterocycles. The minimum atomic E-state index is -4.55. The molecule has 0 aromatic heterocycles. The van der Waals surface area contributed by atoms with E-state index in [1.165, 1.54) is 18.2 Å². The normalized spacial score (nSPS) is 17.8. The van der Waals surface area contributed by atoms with E-state index in [0.29, 0.717) is 19.8 Å². The summed E-state index contributed by atoms with van der Waals surface area (Å²) in [7, 11) is 0. The van der Waals surface area contributed by atoms with Gasteiger partial charge in [-0.2, -0.15) is 13.2 Å². The number of ether oxygens (including phenoxy) is 1. The molecule has 1 unspecified atom stereocenters. The number of hydrogen-bond donors (Lipinski definition) is 1. The number of carbonyl (C=O) groups excluding carboxylic acids is 1. The van der Waals surface area contributed by atoms with Crippen LogP contribution in [0.4, 0.5) is 13.2 Å². The third-order valence-electron chi connectivity index (χ3n) is 4.23. The van der Waals surface area contributed by atoms with Crippen molar-refractivity contribution < 1.29 is 22.7 Å². The predicted octanol–water partition coefficient (Wildman–Crippen LogP) is 2.79. The fourth-order valence-electron chi connectivity index (χ4n) is 2.92. The lowest BCUT2D eigenvalue weighted by atomic mass is 10.0. The third kappa shape index (κ3) is 4.70. The topological polar surface area (TPSA) is 41.6 Å². The highest BCUT2D eigenvalue weighted by Crippen LogP contribution is 2.31. The van der Waals surface area contributed by atoms with Gasteiger partial charge in [0.25, 0.3) is 5.91 Å². The molecule has 1 aliphatic heterocycles. The molecular formula is C17H23F3N2O2. The molecule has 1 atom stereocenters. The van der Waals surface area contributed by atoms with E-state index in [-0.39, 0.29) is 17.5 Å². The number of alkyl halides is 3. The number of benzene rings is 1. The highest BCUT2D eigenvalue weighted by atomic mass is 19.4. The van der Waals surface area contributed by atoms with Crippen LogP contribution in [0.25, 0.3) is 0 Å². The zero-order chi connectivity index (χ0) is 17.7. The zero-order valence-corrected chi connectivity index (χ0v) is 13.9. The maximum Gasteiger partial charge on any atom is 0.417 e. The molecule has 0 spiro atoms. The Morgan fingerprint density at radius 1 is 1.25 bits per heavy atom. The third-order valence-corrected chi connectivity index (χ3v) is 4.23. The molecule has 1 fully saturated rings. The summed E-state index contributed by atoms with van der Waals surface area (Å²) in [5.74, 6) is -0.428. The second-order valence-corrected chi connectivity index (χ2v) is 6.21. The number of amides is 1. The van der Waals surface area contributed by atoms with E-state index in [1.54, 1.807) is 0 Å².